The molecule has 0 bridgehead atoms. The smallest absolute Gasteiger partial charge is 0.191 e. The molecule has 0 spiro atoms. The summed E-state index contributed by atoms with van der Waals surface area (Å²) in [6.45, 7) is 11.3. The lowest BCUT2D eigenvalue weighted by molar-refractivity contribution is 0.306. The molecule has 0 amide bonds. The molecule has 1 nitrogen and oxygen atoms in total. The molecule has 72 valence electrons. The topological polar surface area (TPSA) is 9.23 Å². The fraction of sp³-hybridized carbons (Fsp3) is 0.800. The van der Waals surface area contributed by atoms with Crippen molar-refractivity contribution in [3.05, 3.63) is 12.7 Å². The van der Waals surface area contributed by atoms with Gasteiger partial charge in [-0.15, -0.1) is 6.58 Å². The second kappa shape index (κ2) is 6.43. The molecular formula is C10H22OSi. The molecule has 0 atom stereocenters. The molecule has 0 rings (SSSR count). The Morgan fingerprint density at radius 2 is 1.67 bits per heavy atom. The summed E-state index contributed by atoms with van der Waals surface area (Å²) < 4.78 is 5.99. The molecule has 0 saturated heterocycles. The number of rotatable bonds is 7. The summed E-state index contributed by atoms with van der Waals surface area (Å²) in [5, 5.41) is 0. The Labute approximate surface area is 78.0 Å². The minimum atomic E-state index is -1.30. The van der Waals surface area contributed by atoms with Gasteiger partial charge in [0.25, 0.3) is 0 Å². The predicted molar refractivity (Wildman–Crippen MR) is 58.0 cm³/mol. The second-order valence-corrected chi connectivity index (χ2v) is 7.95. The Bertz CT molecular complexity index is 111. The van der Waals surface area contributed by atoms with Crippen LogP contribution in [-0.4, -0.2) is 14.9 Å². The predicted octanol–water partition coefficient (Wildman–Crippen LogP) is 3.58. The van der Waals surface area contributed by atoms with Gasteiger partial charge in [-0.3, -0.25) is 0 Å². The van der Waals surface area contributed by atoms with Gasteiger partial charge in [0.1, 0.15) is 0 Å². The van der Waals surface area contributed by atoms with Gasteiger partial charge in [-0.25, -0.2) is 0 Å². The van der Waals surface area contributed by atoms with Gasteiger partial charge >= 0.3 is 0 Å². The van der Waals surface area contributed by atoms with Crippen LogP contribution < -0.4 is 0 Å². The van der Waals surface area contributed by atoms with Crippen molar-refractivity contribution in [3.8, 4) is 0 Å². The zero-order chi connectivity index (χ0) is 9.45. The second-order valence-electron chi connectivity index (χ2n) is 3.17. The average molecular weight is 186 g/mol. The molecular weight excluding hydrogens is 164 g/mol. The van der Waals surface area contributed by atoms with Crippen molar-refractivity contribution in [2.75, 3.05) is 6.61 Å². The SMILES string of the molecule is C=CCCO[Si](CC)(CC)CC. The van der Waals surface area contributed by atoms with Gasteiger partial charge in [-0.2, -0.15) is 0 Å². The quantitative estimate of drug-likeness (QED) is 0.335. The highest BCUT2D eigenvalue weighted by atomic mass is 28.4. The first kappa shape index (κ1) is 11.9. The van der Waals surface area contributed by atoms with Crippen molar-refractivity contribution in [1.82, 2.24) is 0 Å². The van der Waals surface area contributed by atoms with Gasteiger partial charge in [-0.05, 0) is 24.6 Å². The van der Waals surface area contributed by atoms with Crippen LogP contribution in [0, 0.1) is 0 Å². The van der Waals surface area contributed by atoms with Crippen molar-refractivity contribution in [1.29, 1.82) is 0 Å². The average Bonchev–Trinajstić information content (AvgIpc) is 2.14. The highest BCUT2D eigenvalue weighted by Crippen LogP contribution is 2.21. The fourth-order valence-corrected chi connectivity index (χ4v) is 4.08. The minimum Gasteiger partial charge on any atom is -0.417 e. The largest absolute Gasteiger partial charge is 0.417 e. The Kier molecular flexibility index (Phi) is 6.39. The van der Waals surface area contributed by atoms with Crippen molar-refractivity contribution in [3.63, 3.8) is 0 Å². The number of hydrogen-bond acceptors (Lipinski definition) is 1. The molecule has 12 heavy (non-hydrogen) atoms. The molecule has 0 aliphatic rings. The molecule has 0 heterocycles. The van der Waals surface area contributed by atoms with Crippen molar-refractivity contribution in [2.24, 2.45) is 0 Å². The molecule has 0 aromatic carbocycles. The number of hydrogen-bond donors (Lipinski definition) is 0. The van der Waals surface area contributed by atoms with Gasteiger partial charge < -0.3 is 4.43 Å². The Morgan fingerprint density at radius 3 is 2.00 bits per heavy atom. The molecule has 0 radical (unpaired) electrons. The third kappa shape index (κ3) is 3.54. The van der Waals surface area contributed by atoms with Crippen molar-refractivity contribution in [2.45, 2.75) is 45.3 Å². The van der Waals surface area contributed by atoms with Gasteiger partial charge in [0.05, 0.1) is 0 Å². The maximum absolute atomic E-state index is 5.99. The van der Waals surface area contributed by atoms with Crippen LogP contribution >= 0.6 is 0 Å². The highest BCUT2D eigenvalue weighted by molar-refractivity contribution is 6.73. The van der Waals surface area contributed by atoms with Crippen LogP contribution in [0.15, 0.2) is 12.7 Å². The molecule has 0 saturated carbocycles. The Balaban J connectivity index is 3.84. The first-order valence-electron chi connectivity index (χ1n) is 4.99. The van der Waals surface area contributed by atoms with Crippen LogP contribution in [0.1, 0.15) is 27.2 Å². The van der Waals surface area contributed by atoms with Gasteiger partial charge in [0, 0.05) is 6.61 Å². The molecule has 0 aliphatic heterocycles. The van der Waals surface area contributed by atoms with E-state index in [9.17, 15) is 0 Å². The van der Waals surface area contributed by atoms with Crippen molar-refractivity contribution >= 4 is 8.32 Å². The lowest BCUT2D eigenvalue weighted by atomic mass is 10.5. The van der Waals surface area contributed by atoms with E-state index in [1.807, 2.05) is 6.08 Å². The molecule has 0 aliphatic carbocycles. The van der Waals surface area contributed by atoms with Gasteiger partial charge in [-0.1, -0.05) is 26.8 Å². The molecule has 0 aromatic heterocycles. The first-order valence-corrected chi connectivity index (χ1v) is 7.52. The molecule has 0 aromatic rings. The fourth-order valence-electron chi connectivity index (χ4n) is 1.41. The summed E-state index contributed by atoms with van der Waals surface area (Å²) in [5.74, 6) is 0. The zero-order valence-corrected chi connectivity index (χ0v) is 9.73. The highest BCUT2D eigenvalue weighted by Gasteiger charge is 2.27. The van der Waals surface area contributed by atoms with E-state index in [0.717, 1.165) is 13.0 Å². The van der Waals surface area contributed by atoms with E-state index in [-0.39, 0.29) is 0 Å². The summed E-state index contributed by atoms with van der Waals surface area (Å²) in [4.78, 5) is 0. The summed E-state index contributed by atoms with van der Waals surface area (Å²) in [6.07, 6.45) is 2.93. The van der Waals surface area contributed by atoms with Crippen LogP contribution in [0.5, 0.6) is 0 Å². The molecule has 0 N–H and O–H groups in total. The van der Waals surface area contributed by atoms with Crippen LogP contribution in [0.25, 0.3) is 0 Å². The van der Waals surface area contributed by atoms with E-state index in [4.69, 9.17) is 4.43 Å². The lowest BCUT2D eigenvalue weighted by Gasteiger charge is -2.27. The van der Waals surface area contributed by atoms with Crippen molar-refractivity contribution < 1.29 is 4.43 Å². The summed E-state index contributed by atoms with van der Waals surface area (Å²) in [7, 11) is -1.30. The van der Waals surface area contributed by atoms with E-state index in [1.54, 1.807) is 0 Å². The lowest BCUT2D eigenvalue weighted by Crippen LogP contribution is -2.35. The summed E-state index contributed by atoms with van der Waals surface area (Å²) in [6, 6.07) is 3.74. The van der Waals surface area contributed by atoms with Crippen LogP contribution in [-0.2, 0) is 4.43 Å². The molecule has 2 heteroatoms. The third-order valence-electron chi connectivity index (χ3n) is 2.66. The normalized spacial score (nSPS) is 11.6. The monoisotopic (exact) mass is 186 g/mol. The maximum Gasteiger partial charge on any atom is 0.191 e. The summed E-state index contributed by atoms with van der Waals surface area (Å²) in [5.41, 5.74) is 0. The standard InChI is InChI=1S/C10H22OSi/c1-5-9-10-11-12(6-2,7-3)8-4/h5H,1,6-10H2,2-4H3. The van der Waals surface area contributed by atoms with Crippen LogP contribution in [0.4, 0.5) is 0 Å². The molecule has 0 fully saturated rings. The van der Waals surface area contributed by atoms with E-state index >= 15 is 0 Å². The van der Waals surface area contributed by atoms with E-state index in [2.05, 4.69) is 27.4 Å². The zero-order valence-electron chi connectivity index (χ0n) is 8.73. The van der Waals surface area contributed by atoms with Gasteiger partial charge in [0.2, 0.25) is 0 Å². The maximum atomic E-state index is 5.99. The van der Waals surface area contributed by atoms with Gasteiger partial charge in [0.15, 0.2) is 8.32 Å². The molecule has 0 unspecified atom stereocenters. The Hall–Kier alpha value is -0.0831. The minimum absolute atomic E-state index is 0.880. The van der Waals surface area contributed by atoms with E-state index in [0.29, 0.717) is 0 Å². The van der Waals surface area contributed by atoms with E-state index < -0.39 is 8.32 Å². The first-order chi connectivity index (χ1) is 5.74. The third-order valence-corrected chi connectivity index (χ3v) is 7.35. The van der Waals surface area contributed by atoms with Crippen LogP contribution in [0.3, 0.4) is 0 Å². The van der Waals surface area contributed by atoms with Crippen LogP contribution in [0.2, 0.25) is 18.1 Å². The Morgan fingerprint density at radius 1 is 1.17 bits per heavy atom. The summed E-state index contributed by atoms with van der Waals surface area (Å²) >= 11 is 0. The van der Waals surface area contributed by atoms with E-state index in [1.165, 1.54) is 18.1 Å².